The quantitative estimate of drug-likeness (QED) is 0.552. The van der Waals surface area contributed by atoms with Gasteiger partial charge in [-0.2, -0.15) is 0 Å². The Labute approximate surface area is 162 Å². The van der Waals surface area contributed by atoms with Gasteiger partial charge in [-0.1, -0.05) is 70.6 Å². The minimum Gasteiger partial charge on any atom is -0.336 e. The molecule has 148 valence electrons. The molecule has 1 fully saturated rings. The molecule has 0 saturated carbocycles. The van der Waals surface area contributed by atoms with Crippen molar-refractivity contribution in [2.45, 2.75) is 83.8 Å². The molecule has 0 bridgehead atoms. The number of nitrogens with zero attached hydrogens (tertiary/aromatic N) is 3. The summed E-state index contributed by atoms with van der Waals surface area (Å²) in [4.78, 5) is 32.8. The molecule has 6 nitrogen and oxygen atoms in total. The third kappa shape index (κ3) is 5.38. The summed E-state index contributed by atoms with van der Waals surface area (Å²) in [5, 5.41) is 3.39. The Morgan fingerprint density at radius 1 is 1.00 bits per heavy atom. The van der Waals surface area contributed by atoms with Crippen LogP contribution in [0.5, 0.6) is 0 Å². The second-order valence-corrected chi connectivity index (χ2v) is 8.25. The fourth-order valence-electron chi connectivity index (χ4n) is 3.40. The predicted octanol–water partition coefficient (Wildman–Crippen LogP) is 3.82. The number of hydrogen-bond acceptors (Lipinski definition) is 5. The van der Waals surface area contributed by atoms with Crippen molar-refractivity contribution in [2.24, 2.45) is 4.99 Å². The first-order chi connectivity index (χ1) is 12.6. The summed E-state index contributed by atoms with van der Waals surface area (Å²) in [6.07, 6.45) is 10.6. The predicted molar refractivity (Wildman–Crippen MR) is 108 cm³/mol. The SMILES string of the molecule is CCCCCCCCCN1C(SCCCC)=NC2C1C(=O)NC(=O)N2C. The van der Waals surface area contributed by atoms with Gasteiger partial charge in [-0.15, -0.1) is 0 Å². The molecule has 2 aliphatic rings. The van der Waals surface area contributed by atoms with Gasteiger partial charge >= 0.3 is 6.03 Å². The van der Waals surface area contributed by atoms with E-state index in [1.165, 1.54) is 38.5 Å². The van der Waals surface area contributed by atoms with Gasteiger partial charge in [-0.05, 0) is 12.8 Å². The summed E-state index contributed by atoms with van der Waals surface area (Å²) < 4.78 is 0. The number of nitrogens with one attached hydrogen (secondary N) is 1. The number of likely N-dealkylation sites (N-methyl/N-ethyl adjacent to an activating group) is 1. The van der Waals surface area contributed by atoms with Crippen LogP contribution in [0, 0.1) is 0 Å². The summed E-state index contributed by atoms with van der Waals surface area (Å²) in [7, 11) is 1.72. The van der Waals surface area contributed by atoms with Crippen molar-refractivity contribution in [3.05, 3.63) is 0 Å². The normalized spacial score (nSPS) is 22.5. The molecule has 2 heterocycles. The number of thioether (sulfide) groups is 1. The Kier molecular flexibility index (Phi) is 8.75. The number of carbonyl (C=O) groups is 2. The topological polar surface area (TPSA) is 65.0 Å². The average Bonchev–Trinajstić information content (AvgIpc) is 2.98. The van der Waals surface area contributed by atoms with Crippen LogP contribution in [0.3, 0.4) is 0 Å². The monoisotopic (exact) mass is 382 g/mol. The molecule has 2 atom stereocenters. The zero-order valence-corrected chi connectivity index (χ0v) is 17.3. The summed E-state index contributed by atoms with van der Waals surface area (Å²) in [6.45, 7) is 5.24. The van der Waals surface area contributed by atoms with E-state index in [9.17, 15) is 9.59 Å². The maximum absolute atomic E-state index is 12.4. The maximum Gasteiger partial charge on any atom is 0.325 e. The number of aliphatic imine (C=N–C) groups is 1. The number of fused-ring (bicyclic) bond motifs is 1. The molecule has 0 aromatic heterocycles. The molecule has 1 N–H and O–H groups in total. The molecule has 0 spiro atoms. The molecule has 2 rings (SSSR count). The summed E-state index contributed by atoms with van der Waals surface area (Å²) >= 11 is 1.72. The van der Waals surface area contributed by atoms with Gasteiger partial charge in [0.05, 0.1) is 0 Å². The number of amides is 3. The van der Waals surface area contributed by atoms with Crippen molar-refractivity contribution < 1.29 is 9.59 Å². The molecule has 1 saturated heterocycles. The lowest BCUT2D eigenvalue weighted by atomic mass is 10.1. The Morgan fingerprint density at radius 2 is 1.65 bits per heavy atom. The van der Waals surface area contributed by atoms with Gasteiger partial charge in [0.15, 0.2) is 17.4 Å². The third-order valence-electron chi connectivity index (χ3n) is 5.05. The molecule has 2 aliphatic heterocycles. The molecule has 7 heteroatoms. The second kappa shape index (κ2) is 10.8. The summed E-state index contributed by atoms with van der Waals surface area (Å²) in [5.74, 6) is 0.789. The first-order valence-corrected chi connectivity index (χ1v) is 11.1. The van der Waals surface area contributed by atoms with Crippen LogP contribution < -0.4 is 5.32 Å². The average molecular weight is 383 g/mol. The van der Waals surface area contributed by atoms with Crippen LogP contribution >= 0.6 is 11.8 Å². The van der Waals surface area contributed by atoms with Crippen LogP contribution in [0.2, 0.25) is 0 Å². The maximum atomic E-state index is 12.4. The van der Waals surface area contributed by atoms with E-state index in [1.54, 1.807) is 23.7 Å². The highest BCUT2D eigenvalue weighted by Crippen LogP contribution is 2.29. The summed E-state index contributed by atoms with van der Waals surface area (Å²) in [5.41, 5.74) is 0. The van der Waals surface area contributed by atoms with Crippen molar-refractivity contribution in [1.29, 1.82) is 0 Å². The molecule has 2 unspecified atom stereocenters. The van der Waals surface area contributed by atoms with Gasteiger partial charge in [0.1, 0.15) is 0 Å². The van der Waals surface area contributed by atoms with E-state index in [4.69, 9.17) is 4.99 Å². The minimum absolute atomic E-state index is 0.212. The molecule has 0 aromatic rings. The zero-order valence-electron chi connectivity index (χ0n) is 16.5. The molecule has 3 amide bonds. The van der Waals surface area contributed by atoms with Gasteiger partial charge in [0.2, 0.25) is 0 Å². The number of imide groups is 1. The van der Waals surface area contributed by atoms with E-state index in [0.717, 1.165) is 36.7 Å². The van der Waals surface area contributed by atoms with Crippen molar-refractivity contribution in [2.75, 3.05) is 19.3 Å². The lowest BCUT2D eigenvalue weighted by Crippen LogP contribution is -2.63. The van der Waals surface area contributed by atoms with Crippen LogP contribution in [0.4, 0.5) is 4.79 Å². The largest absolute Gasteiger partial charge is 0.336 e. The smallest absolute Gasteiger partial charge is 0.325 e. The number of amidine groups is 1. The standard InChI is InChI=1S/C19H34N4O2S/c1-4-6-8-9-10-11-12-13-23-15-16(20-19(23)26-14-7-5-2)22(3)18(25)21-17(15)24/h15-16H,4-14H2,1-3H3,(H,21,24,25). The van der Waals surface area contributed by atoms with Crippen LogP contribution in [0.1, 0.15) is 71.6 Å². The highest BCUT2D eigenvalue weighted by atomic mass is 32.2. The fourth-order valence-corrected chi connectivity index (χ4v) is 4.57. The number of urea groups is 1. The molecule has 26 heavy (non-hydrogen) atoms. The van der Waals surface area contributed by atoms with E-state index in [-0.39, 0.29) is 24.1 Å². The highest BCUT2D eigenvalue weighted by Gasteiger charge is 2.48. The molecule has 0 aliphatic carbocycles. The number of rotatable bonds is 11. The van der Waals surface area contributed by atoms with Gasteiger partial charge in [0.25, 0.3) is 5.91 Å². The van der Waals surface area contributed by atoms with Gasteiger partial charge in [-0.3, -0.25) is 10.1 Å². The first kappa shape index (κ1) is 21.1. The van der Waals surface area contributed by atoms with E-state index < -0.39 is 0 Å². The number of hydrogen-bond donors (Lipinski definition) is 1. The molecule has 0 radical (unpaired) electrons. The second-order valence-electron chi connectivity index (χ2n) is 7.19. The highest BCUT2D eigenvalue weighted by molar-refractivity contribution is 8.13. The third-order valence-corrected chi connectivity index (χ3v) is 6.15. The lowest BCUT2D eigenvalue weighted by Gasteiger charge is -2.36. The number of unbranched alkanes of at least 4 members (excludes halogenated alkanes) is 7. The van der Waals surface area contributed by atoms with Gasteiger partial charge in [-0.25, -0.2) is 9.79 Å². The summed E-state index contributed by atoms with van der Waals surface area (Å²) in [6, 6.07) is -0.724. The molecular formula is C19H34N4O2S. The lowest BCUT2D eigenvalue weighted by molar-refractivity contribution is -0.127. The fraction of sp³-hybridized carbons (Fsp3) is 0.842. The molecule has 0 aromatic carbocycles. The van der Waals surface area contributed by atoms with Crippen LogP contribution in [0.15, 0.2) is 4.99 Å². The van der Waals surface area contributed by atoms with E-state index in [0.29, 0.717) is 0 Å². The molecular weight excluding hydrogens is 348 g/mol. The Balaban J connectivity index is 1.92. The number of carbonyl (C=O) groups excluding carboxylic acids is 2. The Bertz CT molecular complexity index is 512. The van der Waals surface area contributed by atoms with Gasteiger partial charge < -0.3 is 9.80 Å². The van der Waals surface area contributed by atoms with E-state index >= 15 is 0 Å². The minimum atomic E-state index is -0.384. The van der Waals surface area contributed by atoms with Gasteiger partial charge in [0, 0.05) is 19.3 Å². The van der Waals surface area contributed by atoms with E-state index in [2.05, 4.69) is 24.1 Å². The van der Waals surface area contributed by atoms with Crippen LogP contribution in [-0.4, -0.2) is 58.5 Å². The van der Waals surface area contributed by atoms with Crippen LogP contribution in [-0.2, 0) is 4.79 Å². The van der Waals surface area contributed by atoms with Crippen LogP contribution in [0.25, 0.3) is 0 Å². The van der Waals surface area contributed by atoms with Crippen molar-refractivity contribution in [1.82, 2.24) is 15.1 Å². The van der Waals surface area contributed by atoms with E-state index in [1.807, 2.05) is 0 Å². The first-order valence-electron chi connectivity index (χ1n) is 10.1. The zero-order chi connectivity index (χ0) is 18.9. The van der Waals surface area contributed by atoms with Crippen molar-refractivity contribution >= 4 is 28.9 Å². The Morgan fingerprint density at radius 3 is 2.35 bits per heavy atom. The van der Waals surface area contributed by atoms with Crippen molar-refractivity contribution in [3.63, 3.8) is 0 Å². The Hall–Kier alpha value is -1.24. The van der Waals surface area contributed by atoms with Crippen molar-refractivity contribution in [3.8, 4) is 0 Å².